The van der Waals surface area contributed by atoms with Gasteiger partial charge in [-0.05, 0) is 11.1 Å². The van der Waals surface area contributed by atoms with E-state index in [9.17, 15) is 10.2 Å². The van der Waals surface area contributed by atoms with Crippen molar-refractivity contribution in [2.45, 2.75) is 31.5 Å². The van der Waals surface area contributed by atoms with Crippen LogP contribution in [0.5, 0.6) is 0 Å². The predicted octanol–water partition coefficient (Wildman–Crippen LogP) is 1.81. The van der Waals surface area contributed by atoms with Crippen LogP contribution in [0.3, 0.4) is 0 Å². The number of hydrogen-bond acceptors (Lipinski definition) is 4. The van der Waals surface area contributed by atoms with Gasteiger partial charge in [0.05, 0.1) is 18.8 Å². The van der Waals surface area contributed by atoms with Gasteiger partial charge in [-0.25, -0.2) is 0 Å². The quantitative estimate of drug-likeness (QED) is 0.884. The molecule has 0 aromatic heterocycles. The first kappa shape index (κ1) is 16.1. The highest BCUT2D eigenvalue weighted by Gasteiger charge is 2.35. The molecule has 4 heteroatoms. The Morgan fingerprint density at radius 2 is 1.35 bits per heavy atom. The van der Waals surface area contributed by atoms with E-state index in [0.29, 0.717) is 19.7 Å². The Bertz CT molecular complexity index is 578. The lowest BCUT2D eigenvalue weighted by Crippen LogP contribution is -2.55. The van der Waals surface area contributed by atoms with Crippen LogP contribution in [0, 0.1) is 0 Å². The molecular weight excluding hydrogens is 290 g/mol. The van der Waals surface area contributed by atoms with Gasteiger partial charge >= 0.3 is 0 Å². The molecule has 1 heterocycles. The van der Waals surface area contributed by atoms with Crippen LogP contribution in [0.25, 0.3) is 0 Å². The smallest absolute Gasteiger partial charge is 0.112 e. The normalized spacial score (nSPS) is 25.4. The van der Waals surface area contributed by atoms with Crippen LogP contribution >= 0.6 is 0 Å². The largest absolute Gasteiger partial charge is 0.389 e. The molecule has 23 heavy (non-hydrogen) atoms. The average molecular weight is 313 g/mol. The van der Waals surface area contributed by atoms with Crippen LogP contribution in [0.1, 0.15) is 11.1 Å². The molecule has 4 nitrogen and oxygen atoms in total. The van der Waals surface area contributed by atoms with Crippen LogP contribution in [-0.4, -0.2) is 46.5 Å². The molecule has 1 fully saturated rings. The topological polar surface area (TPSA) is 52.9 Å². The van der Waals surface area contributed by atoms with Gasteiger partial charge in [0.25, 0.3) is 0 Å². The van der Waals surface area contributed by atoms with E-state index >= 15 is 0 Å². The Kier molecular flexibility index (Phi) is 5.41. The molecule has 1 aliphatic rings. The number of β-amino-alcohol motifs (C(OH)–C–C–N with tert-alkyl or cyclic N) is 2. The Morgan fingerprint density at radius 3 is 1.91 bits per heavy atom. The molecule has 0 radical (unpaired) electrons. The highest BCUT2D eigenvalue weighted by molar-refractivity contribution is 5.15. The highest BCUT2D eigenvalue weighted by atomic mass is 16.5. The molecule has 122 valence electrons. The van der Waals surface area contributed by atoms with Gasteiger partial charge in [-0.15, -0.1) is 0 Å². The number of benzene rings is 2. The second kappa shape index (κ2) is 7.70. The van der Waals surface area contributed by atoms with E-state index in [-0.39, 0.29) is 0 Å². The van der Waals surface area contributed by atoms with Gasteiger partial charge in [-0.2, -0.15) is 0 Å². The van der Waals surface area contributed by atoms with Gasteiger partial charge in [-0.1, -0.05) is 60.7 Å². The maximum Gasteiger partial charge on any atom is 0.112 e. The summed E-state index contributed by atoms with van der Waals surface area (Å²) in [6, 6.07) is 19.9. The van der Waals surface area contributed by atoms with E-state index in [1.54, 1.807) is 0 Å². The first-order valence-electron chi connectivity index (χ1n) is 8.00. The van der Waals surface area contributed by atoms with Gasteiger partial charge in [0.15, 0.2) is 0 Å². The van der Waals surface area contributed by atoms with Crippen molar-refractivity contribution >= 4 is 0 Å². The van der Waals surface area contributed by atoms with Crippen molar-refractivity contribution in [3.63, 3.8) is 0 Å². The standard InChI is InChI=1S/C19H23NO3/c21-17-12-20(11-15-7-3-1-4-8-15)13-18(22)19(17)23-14-16-9-5-2-6-10-16/h1-10,17-19,21-22H,11-14H2/t17-,18+,19?. The van der Waals surface area contributed by atoms with Crippen LogP contribution < -0.4 is 0 Å². The molecule has 3 atom stereocenters. The fourth-order valence-electron chi connectivity index (χ4n) is 3.03. The predicted molar refractivity (Wildman–Crippen MR) is 88.8 cm³/mol. The molecule has 2 N–H and O–H groups in total. The summed E-state index contributed by atoms with van der Waals surface area (Å²) in [6.45, 7) is 2.13. The zero-order valence-electron chi connectivity index (χ0n) is 13.1. The fourth-order valence-corrected chi connectivity index (χ4v) is 3.03. The Labute approximate surface area is 136 Å². The van der Waals surface area contributed by atoms with E-state index in [2.05, 4.69) is 17.0 Å². The number of nitrogens with zero attached hydrogens (tertiary/aromatic N) is 1. The summed E-state index contributed by atoms with van der Waals surface area (Å²) in [6.07, 6.45) is -1.92. The van der Waals surface area contributed by atoms with Crippen molar-refractivity contribution < 1.29 is 14.9 Å². The third kappa shape index (κ3) is 4.39. The minimum atomic E-state index is -0.689. The SMILES string of the molecule is O[C@@H]1CN(Cc2ccccc2)C[C@H](O)C1OCc1ccccc1. The second-order valence-electron chi connectivity index (χ2n) is 6.08. The summed E-state index contributed by atoms with van der Waals surface area (Å²) in [4.78, 5) is 2.06. The molecule has 0 amide bonds. The Balaban J connectivity index is 1.54. The monoisotopic (exact) mass is 313 g/mol. The minimum absolute atomic E-state index is 0.401. The van der Waals surface area contributed by atoms with Crippen LogP contribution in [0.4, 0.5) is 0 Å². The summed E-state index contributed by atoms with van der Waals surface area (Å²) in [7, 11) is 0. The first-order chi connectivity index (χ1) is 11.2. The van der Waals surface area contributed by atoms with Crippen molar-refractivity contribution in [2.75, 3.05) is 13.1 Å². The highest BCUT2D eigenvalue weighted by Crippen LogP contribution is 2.19. The minimum Gasteiger partial charge on any atom is -0.389 e. The summed E-state index contributed by atoms with van der Waals surface area (Å²) >= 11 is 0. The molecular formula is C19H23NO3. The van der Waals surface area contributed by atoms with Crippen molar-refractivity contribution in [3.05, 3.63) is 71.8 Å². The summed E-state index contributed by atoms with van der Waals surface area (Å²) in [5.74, 6) is 0. The van der Waals surface area contributed by atoms with Crippen molar-refractivity contribution in [1.29, 1.82) is 0 Å². The van der Waals surface area contributed by atoms with E-state index in [1.165, 1.54) is 5.56 Å². The lowest BCUT2D eigenvalue weighted by molar-refractivity contribution is -0.145. The molecule has 0 aliphatic carbocycles. The second-order valence-corrected chi connectivity index (χ2v) is 6.08. The maximum absolute atomic E-state index is 10.3. The number of rotatable bonds is 5. The number of aliphatic hydroxyl groups excluding tert-OH is 2. The Hall–Kier alpha value is -1.72. The van der Waals surface area contributed by atoms with Crippen LogP contribution in [-0.2, 0) is 17.9 Å². The van der Waals surface area contributed by atoms with E-state index in [1.807, 2.05) is 48.5 Å². The molecule has 0 bridgehead atoms. The molecule has 1 saturated heterocycles. The fraction of sp³-hybridized carbons (Fsp3) is 0.368. The van der Waals surface area contributed by atoms with Gasteiger partial charge in [-0.3, -0.25) is 4.90 Å². The van der Waals surface area contributed by atoms with E-state index in [0.717, 1.165) is 12.1 Å². The van der Waals surface area contributed by atoms with Gasteiger partial charge in [0, 0.05) is 19.6 Å². The van der Waals surface area contributed by atoms with Crippen LogP contribution in [0.15, 0.2) is 60.7 Å². The number of likely N-dealkylation sites (tertiary alicyclic amines) is 1. The maximum atomic E-state index is 10.3. The molecule has 0 spiro atoms. The van der Waals surface area contributed by atoms with Gasteiger partial charge < -0.3 is 14.9 Å². The third-order valence-electron chi connectivity index (χ3n) is 4.18. The molecule has 1 unspecified atom stereocenters. The molecule has 3 rings (SSSR count). The van der Waals surface area contributed by atoms with Crippen molar-refractivity contribution in [2.24, 2.45) is 0 Å². The number of hydrogen-bond donors (Lipinski definition) is 2. The summed E-state index contributed by atoms with van der Waals surface area (Å²) in [5, 5.41) is 20.7. The zero-order valence-corrected chi connectivity index (χ0v) is 13.1. The number of aliphatic hydroxyl groups is 2. The summed E-state index contributed by atoms with van der Waals surface area (Å²) in [5.41, 5.74) is 2.22. The lowest BCUT2D eigenvalue weighted by Gasteiger charge is -2.39. The lowest BCUT2D eigenvalue weighted by atomic mass is 10.0. The molecule has 0 saturated carbocycles. The zero-order chi connectivity index (χ0) is 16.1. The third-order valence-corrected chi connectivity index (χ3v) is 4.18. The van der Waals surface area contributed by atoms with Gasteiger partial charge in [0.1, 0.15) is 6.10 Å². The number of ether oxygens (including phenoxy) is 1. The molecule has 2 aromatic rings. The molecule has 1 aliphatic heterocycles. The van der Waals surface area contributed by atoms with Crippen molar-refractivity contribution in [3.8, 4) is 0 Å². The molecule has 2 aromatic carbocycles. The first-order valence-corrected chi connectivity index (χ1v) is 8.00. The van der Waals surface area contributed by atoms with Crippen molar-refractivity contribution in [1.82, 2.24) is 4.90 Å². The summed E-state index contributed by atoms with van der Waals surface area (Å²) < 4.78 is 5.77. The van der Waals surface area contributed by atoms with E-state index in [4.69, 9.17) is 4.74 Å². The van der Waals surface area contributed by atoms with Gasteiger partial charge in [0.2, 0.25) is 0 Å². The van der Waals surface area contributed by atoms with E-state index < -0.39 is 18.3 Å². The average Bonchev–Trinajstić information content (AvgIpc) is 2.56. The number of piperidine rings is 1. The van der Waals surface area contributed by atoms with Crippen LogP contribution in [0.2, 0.25) is 0 Å². The Morgan fingerprint density at radius 1 is 0.826 bits per heavy atom.